The number of rotatable bonds is 5. The van der Waals surface area contributed by atoms with Gasteiger partial charge in [0.2, 0.25) is 0 Å². The summed E-state index contributed by atoms with van der Waals surface area (Å²) in [5.41, 5.74) is 0.363. The molecule has 0 aromatic rings. The second-order valence-electron chi connectivity index (χ2n) is 3.63. The second kappa shape index (κ2) is 5.15. The molecule has 0 fully saturated rings. The molecule has 0 heterocycles. The molecule has 1 nitrogen and oxygen atoms in total. The van der Waals surface area contributed by atoms with Gasteiger partial charge in [-0.15, -0.1) is 0 Å². The van der Waals surface area contributed by atoms with E-state index in [9.17, 15) is 0 Å². The molecule has 0 unspecified atom stereocenters. The molecule has 0 radical (unpaired) electrons. The first-order valence-corrected chi connectivity index (χ1v) is 5.44. The Labute approximate surface area is 79.3 Å². The van der Waals surface area contributed by atoms with Crippen LogP contribution in [0.2, 0.25) is 0 Å². The highest BCUT2D eigenvalue weighted by atomic mass is 79.9. The molecule has 0 aromatic heterocycles. The molecule has 0 spiro atoms. The van der Waals surface area contributed by atoms with Gasteiger partial charge in [-0.1, -0.05) is 22.9 Å². The Hall–Kier alpha value is 0.440. The predicted octanol–water partition coefficient (Wildman–Crippen LogP) is 2.89. The number of hydrogen-bond donors (Lipinski definition) is 0. The van der Waals surface area contributed by atoms with Crippen molar-refractivity contribution in [3.63, 3.8) is 0 Å². The van der Waals surface area contributed by atoms with Gasteiger partial charge in [-0.25, -0.2) is 0 Å². The predicted molar refractivity (Wildman–Crippen MR) is 55.4 cm³/mol. The monoisotopic (exact) mass is 221 g/mol. The lowest BCUT2D eigenvalue weighted by Gasteiger charge is -2.34. The first-order valence-electron chi connectivity index (χ1n) is 4.31. The molecule has 0 saturated carbocycles. The zero-order chi connectivity index (χ0) is 8.91. The van der Waals surface area contributed by atoms with Gasteiger partial charge in [0, 0.05) is 10.9 Å². The molecule has 0 saturated heterocycles. The molecule has 0 aliphatic carbocycles. The second-order valence-corrected chi connectivity index (χ2v) is 4.42. The third kappa shape index (κ3) is 4.12. The van der Waals surface area contributed by atoms with Crippen LogP contribution in [-0.4, -0.2) is 29.4 Å². The van der Waals surface area contributed by atoms with Crippen molar-refractivity contribution in [3.8, 4) is 0 Å². The van der Waals surface area contributed by atoms with Gasteiger partial charge < -0.3 is 4.90 Å². The fraction of sp³-hybridized carbons (Fsp3) is 1.00. The Morgan fingerprint density at radius 1 is 1.36 bits per heavy atom. The van der Waals surface area contributed by atoms with Crippen LogP contribution in [0.3, 0.4) is 0 Å². The van der Waals surface area contributed by atoms with Crippen LogP contribution in [0.1, 0.15) is 33.6 Å². The van der Waals surface area contributed by atoms with E-state index >= 15 is 0 Å². The van der Waals surface area contributed by atoms with E-state index in [0.29, 0.717) is 5.54 Å². The minimum absolute atomic E-state index is 0.363. The van der Waals surface area contributed by atoms with Crippen LogP contribution in [-0.2, 0) is 0 Å². The summed E-state index contributed by atoms with van der Waals surface area (Å²) in [4.78, 5) is 2.42. The van der Waals surface area contributed by atoms with E-state index in [2.05, 4.69) is 48.6 Å². The zero-order valence-corrected chi connectivity index (χ0v) is 9.74. The number of hydrogen-bond acceptors (Lipinski definition) is 1. The maximum Gasteiger partial charge on any atom is 0.0147 e. The smallest absolute Gasteiger partial charge is 0.0147 e. The zero-order valence-electron chi connectivity index (χ0n) is 8.15. The van der Waals surface area contributed by atoms with E-state index in [4.69, 9.17) is 0 Å². The van der Waals surface area contributed by atoms with Gasteiger partial charge in [0.25, 0.3) is 0 Å². The van der Waals surface area contributed by atoms with Crippen LogP contribution >= 0.6 is 15.9 Å². The maximum atomic E-state index is 3.44. The summed E-state index contributed by atoms with van der Waals surface area (Å²) in [6.07, 6.45) is 2.45. The molecule has 0 aliphatic heterocycles. The Balaban J connectivity index is 3.71. The molecule has 0 bridgehead atoms. The Morgan fingerprint density at radius 2 is 1.91 bits per heavy atom. The van der Waals surface area contributed by atoms with Crippen LogP contribution in [0.15, 0.2) is 0 Å². The van der Waals surface area contributed by atoms with E-state index in [1.54, 1.807) is 0 Å². The molecule has 0 aromatic carbocycles. The lowest BCUT2D eigenvalue weighted by Crippen LogP contribution is -2.41. The molecule has 0 aliphatic rings. The Bertz CT molecular complexity index is 102. The van der Waals surface area contributed by atoms with E-state index in [1.807, 2.05) is 0 Å². The number of nitrogens with zero attached hydrogens (tertiary/aromatic N) is 1. The quantitative estimate of drug-likeness (QED) is 0.646. The highest BCUT2D eigenvalue weighted by Gasteiger charge is 2.19. The average molecular weight is 222 g/mol. The van der Waals surface area contributed by atoms with Crippen molar-refractivity contribution < 1.29 is 0 Å². The SMILES string of the molecule is CCC(C)(C)N(C)CCCBr. The standard InChI is InChI=1S/C9H20BrN/c1-5-9(2,3)11(4)8-6-7-10/h5-8H2,1-4H3. The van der Waals surface area contributed by atoms with Gasteiger partial charge >= 0.3 is 0 Å². The minimum atomic E-state index is 0.363. The molecule has 2 heteroatoms. The van der Waals surface area contributed by atoms with E-state index in [1.165, 1.54) is 19.4 Å². The molecule has 0 amide bonds. The summed E-state index contributed by atoms with van der Waals surface area (Å²) in [5, 5.41) is 1.11. The van der Waals surface area contributed by atoms with Gasteiger partial charge in [-0.2, -0.15) is 0 Å². The third-order valence-electron chi connectivity index (χ3n) is 2.53. The van der Waals surface area contributed by atoms with Gasteiger partial charge in [-0.05, 0) is 40.3 Å². The highest BCUT2D eigenvalue weighted by molar-refractivity contribution is 9.09. The van der Waals surface area contributed by atoms with Gasteiger partial charge in [0.05, 0.1) is 0 Å². The normalized spacial score (nSPS) is 12.5. The molecule has 0 N–H and O–H groups in total. The molecule has 0 atom stereocenters. The third-order valence-corrected chi connectivity index (χ3v) is 3.09. The van der Waals surface area contributed by atoms with E-state index < -0.39 is 0 Å². The molecular formula is C9H20BrN. The van der Waals surface area contributed by atoms with Crippen LogP contribution in [0, 0.1) is 0 Å². The first-order chi connectivity index (χ1) is 5.04. The number of halogens is 1. The van der Waals surface area contributed by atoms with Gasteiger partial charge in [-0.3, -0.25) is 0 Å². The Morgan fingerprint density at radius 3 is 2.27 bits per heavy atom. The van der Waals surface area contributed by atoms with E-state index in [0.717, 1.165) is 5.33 Å². The topological polar surface area (TPSA) is 3.24 Å². The van der Waals surface area contributed by atoms with Crippen molar-refractivity contribution in [2.24, 2.45) is 0 Å². The van der Waals surface area contributed by atoms with E-state index in [-0.39, 0.29) is 0 Å². The molecular weight excluding hydrogens is 202 g/mol. The first kappa shape index (κ1) is 11.4. The van der Waals surface area contributed by atoms with Crippen molar-refractivity contribution in [2.45, 2.75) is 39.2 Å². The van der Waals surface area contributed by atoms with Crippen molar-refractivity contribution in [2.75, 3.05) is 18.9 Å². The molecule has 0 rings (SSSR count). The fourth-order valence-electron chi connectivity index (χ4n) is 0.870. The van der Waals surface area contributed by atoms with Gasteiger partial charge in [0.1, 0.15) is 0 Å². The Kier molecular flexibility index (Phi) is 5.36. The summed E-state index contributed by atoms with van der Waals surface area (Å²) in [5.74, 6) is 0. The van der Waals surface area contributed by atoms with Crippen molar-refractivity contribution in [1.29, 1.82) is 0 Å². The minimum Gasteiger partial charge on any atom is -0.301 e. The van der Waals surface area contributed by atoms with Crippen LogP contribution in [0.5, 0.6) is 0 Å². The summed E-state index contributed by atoms with van der Waals surface area (Å²) in [7, 11) is 2.20. The van der Waals surface area contributed by atoms with Gasteiger partial charge in [0.15, 0.2) is 0 Å². The molecule has 11 heavy (non-hydrogen) atoms. The summed E-state index contributed by atoms with van der Waals surface area (Å²) < 4.78 is 0. The van der Waals surface area contributed by atoms with Crippen molar-refractivity contribution >= 4 is 15.9 Å². The number of alkyl halides is 1. The highest BCUT2D eigenvalue weighted by Crippen LogP contribution is 2.16. The molecule has 68 valence electrons. The van der Waals surface area contributed by atoms with Crippen molar-refractivity contribution in [3.05, 3.63) is 0 Å². The summed E-state index contributed by atoms with van der Waals surface area (Å²) in [6, 6.07) is 0. The lowest BCUT2D eigenvalue weighted by molar-refractivity contribution is 0.152. The lowest BCUT2D eigenvalue weighted by atomic mass is 10.00. The average Bonchev–Trinajstić information content (AvgIpc) is 2.00. The van der Waals surface area contributed by atoms with Crippen LogP contribution < -0.4 is 0 Å². The largest absolute Gasteiger partial charge is 0.301 e. The summed E-state index contributed by atoms with van der Waals surface area (Å²) >= 11 is 3.44. The van der Waals surface area contributed by atoms with Crippen LogP contribution in [0.25, 0.3) is 0 Å². The fourth-order valence-corrected chi connectivity index (χ4v) is 1.12. The van der Waals surface area contributed by atoms with Crippen molar-refractivity contribution in [1.82, 2.24) is 4.90 Å². The summed E-state index contributed by atoms with van der Waals surface area (Å²) in [6.45, 7) is 8.01. The maximum absolute atomic E-state index is 3.44. The van der Waals surface area contributed by atoms with Crippen LogP contribution in [0.4, 0.5) is 0 Å².